The summed E-state index contributed by atoms with van der Waals surface area (Å²) in [5.74, 6) is 0. The first-order chi connectivity index (χ1) is 6.10. The van der Waals surface area contributed by atoms with Crippen molar-refractivity contribution in [2.75, 3.05) is 0 Å². The molecule has 1 saturated heterocycles. The van der Waals surface area contributed by atoms with Gasteiger partial charge in [-0.15, -0.1) is 0 Å². The second-order valence-corrected chi connectivity index (χ2v) is 14.5. The molecule has 10 heteroatoms. The summed E-state index contributed by atoms with van der Waals surface area (Å²) < 4.78 is 27.6. The van der Waals surface area contributed by atoms with E-state index in [1.54, 1.807) is 0 Å². The lowest BCUT2D eigenvalue weighted by atomic mass is 11.9. The predicted molar refractivity (Wildman–Crippen MR) is 61.6 cm³/mol. The van der Waals surface area contributed by atoms with E-state index >= 15 is 0 Å². The molecule has 78 valence electrons. The van der Waals surface area contributed by atoms with Gasteiger partial charge < -0.3 is 20.6 Å². The molecule has 0 N–H and O–H groups in total. The number of hydrogen-bond acceptors (Lipinski definition) is 5. The summed E-state index contributed by atoms with van der Waals surface area (Å²) in [7, 11) is -5.87. The van der Waals surface area contributed by atoms with Crippen LogP contribution in [0.15, 0.2) is 0 Å². The van der Waals surface area contributed by atoms with Crippen molar-refractivity contribution in [1.29, 1.82) is 0 Å². The fourth-order valence-electron chi connectivity index (χ4n) is 0.922. The van der Waals surface area contributed by atoms with Gasteiger partial charge in [-0.3, -0.25) is 0 Å². The van der Waals surface area contributed by atoms with Crippen LogP contribution in [0.3, 0.4) is 0 Å². The maximum Gasteiger partial charge on any atom is 0.313 e. The first kappa shape index (κ1) is 12.0. The molecule has 0 spiro atoms. The van der Waals surface area contributed by atoms with Crippen LogP contribution in [-0.2, 0) is 20.6 Å². The van der Waals surface area contributed by atoms with E-state index < -0.39 is 47.9 Å². The van der Waals surface area contributed by atoms with Crippen molar-refractivity contribution in [3.05, 3.63) is 0 Å². The van der Waals surface area contributed by atoms with Crippen molar-refractivity contribution in [1.82, 2.24) is 0 Å². The monoisotopic (exact) mass is 272 g/mol. The summed E-state index contributed by atoms with van der Waals surface area (Å²) in [6.07, 6.45) is 0. The molecule has 0 amide bonds. The van der Waals surface area contributed by atoms with Gasteiger partial charge in [0, 0.05) is 0 Å². The zero-order chi connectivity index (χ0) is 9.73. The summed E-state index contributed by atoms with van der Waals surface area (Å²) in [5.41, 5.74) is 0. The first-order valence-corrected chi connectivity index (χ1v) is 12.6. The predicted octanol–water partition coefficient (Wildman–Crippen LogP) is -2.37. The molecule has 0 aromatic rings. The molecule has 1 unspecified atom stereocenters. The molecule has 1 rings (SSSR count). The zero-order valence-electron chi connectivity index (χ0n) is 8.24. The first-order valence-electron chi connectivity index (χ1n) is 4.19. The summed E-state index contributed by atoms with van der Waals surface area (Å²) in [4.78, 5) is 0. The molecule has 1 aliphatic heterocycles. The molecular formula is C3H16O5Si5. The van der Waals surface area contributed by atoms with Gasteiger partial charge in [-0.05, 0) is 19.6 Å². The van der Waals surface area contributed by atoms with Crippen LogP contribution in [0.25, 0.3) is 0 Å². The van der Waals surface area contributed by atoms with E-state index in [-0.39, 0.29) is 0 Å². The SMILES string of the molecule is C[SiH]1O[SiH2]O[SiH2]O[SiH2]O[Si](C)(C)O1. The van der Waals surface area contributed by atoms with E-state index in [1.165, 1.54) is 0 Å². The Morgan fingerprint density at radius 1 is 1.08 bits per heavy atom. The van der Waals surface area contributed by atoms with Gasteiger partial charge in [0.25, 0.3) is 39.3 Å². The van der Waals surface area contributed by atoms with Gasteiger partial charge in [0.05, 0.1) is 0 Å². The maximum absolute atomic E-state index is 5.77. The minimum absolute atomic E-state index is 0.795. The Hall–Kier alpha value is 0.884. The highest BCUT2D eigenvalue weighted by molar-refractivity contribution is 6.75. The molecule has 1 heterocycles. The lowest BCUT2D eigenvalue weighted by Crippen LogP contribution is -2.44. The Balaban J connectivity index is 2.40. The second-order valence-electron chi connectivity index (χ2n) is 3.16. The van der Waals surface area contributed by atoms with Gasteiger partial charge in [-0.2, -0.15) is 0 Å². The average molecular weight is 273 g/mol. The maximum atomic E-state index is 5.77. The van der Waals surface area contributed by atoms with E-state index in [9.17, 15) is 0 Å². The fourth-order valence-corrected chi connectivity index (χ4v) is 12.2. The number of hydrogen-bond donors (Lipinski definition) is 0. The molecule has 0 bridgehead atoms. The third kappa shape index (κ3) is 5.35. The van der Waals surface area contributed by atoms with Crippen LogP contribution in [0, 0.1) is 0 Å². The molecule has 1 aliphatic rings. The largest absolute Gasteiger partial charge is 0.425 e. The van der Waals surface area contributed by atoms with E-state index in [0.717, 1.165) is 0 Å². The normalized spacial score (nSPS) is 36.7. The lowest BCUT2D eigenvalue weighted by Gasteiger charge is -2.28. The van der Waals surface area contributed by atoms with E-state index in [2.05, 4.69) is 0 Å². The van der Waals surface area contributed by atoms with Crippen LogP contribution in [-0.4, -0.2) is 47.9 Å². The van der Waals surface area contributed by atoms with Crippen LogP contribution < -0.4 is 0 Å². The van der Waals surface area contributed by atoms with Gasteiger partial charge in [-0.1, -0.05) is 0 Å². The highest BCUT2D eigenvalue weighted by Gasteiger charge is 2.28. The lowest BCUT2D eigenvalue weighted by molar-refractivity contribution is 0.309. The molecule has 5 nitrogen and oxygen atoms in total. The van der Waals surface area contributed by atoms with Crippen molar-refractivity contribution >= 4 is 47.9 Å². The minimum Gasteiger partial charge on any atom is -0.425 e. The van der Waals surface area contributed by atoms with Gasteiger partial charge in [0.2, 0.25) is 0 Å². The van der Waals surface area contributed by atoms with Crippen LogP contribution in [0.5, 0.6) is 0 Å². The van der Waals surface area contributed by atoms with Gasteiger partial charge in [-0.25, -0.2) is 0 Å². The average Bonchev–Trinajstić information content (AvgIpc) is 2.01. The summed E-state index contributed by atoms with van der Waals surface area (Å²) >= 11 is 0. The molecule has 0 radical (unpaired) electrons. The van der Waals surface area contributed by atoms with Crippen LogP contribution in [0.1, 0.15) is 0 Å². The molecule has 0 aromatic heterocycles. The third-order valence-electron chi connectivity index (χ3n) is 1.49. The Labute approximate surface area is 88.3 Å². The third-order valence-corrected chi connectivity index (χ3v) is 13.4. The van der Waals surface area contributed by atoms with Crippen molar-refractivity contribution in [2.45, 2.75) is 19.6 Å². The molecule has 1 atom stereocenters. The zero-order valence-corrected chi connectivity index (χ0v) is 14.6. The Morgan fingerprint density at radius 2 is 1.77 bits per heavy atom. The molecule has 13 heavy (non-hydrogen) atoms. The highest BCUT2D eigenvalue weighted by atomic mass is 28.5. The van der Waals surface area contributed by atoms with Crippen molar-refractivity contribution < 1.29 is 20.6 Å². The standard InChI is InChI=1S/C3H16O5Si5/c1-12-6-10-4-9-5-11-7-13(2,3)8-12/h12H,9-11H2,1-3H3. The van der Waals surface area contributed by atoms with Crippen LogP contribution in [0.4, 0.5) is 0 Å². The number of rotatable bonds is 0. The van der Waals surface area contributed by atoms with E-state index in [4.69, 9.17) is 20.6 Å². The Morgan fingerprint density at radius 3 is 2.54 bits per heavy atom. The van der Waals surface area contributed by atoms with Crippen molar-refractivity contribution in [3.63, 3.8) is 0 Å². The second kappa shape index (κ2) is 5.69. The molecule has 0 aromatic carbocycles. The molecule has 0 saturated carbocycles. The van der Waals surface area contributed by atoms with Gasteiger partial charge >= 0.3 is 8.56 Å². The molecule has 0 aliphatic carbocycles. The Kier molecular flexibility index (Phi) is 5.23. The Bertz CT molecular complexity index is 155. The summed E-state index contributed by atoms with van der Waals surface area (Å²) in [6, 6.07) is 0. The van der Waals surface area contributed by atoms with E-state index in [1.807, 2.05) is 19.6 Å². The van der Waals surface area contributed by atoms with Crippen LogP contribution >= 0.6 is 0 Å². The van der Waals surface area contributed by atoms with Crippen molar-refractivity contribution in [2.24, 2.45) is 0 Å². The fraction of sp³-hybridized carbons (Fsp3) is 1.00. The summed E-state index contributed by atoms with van der Waals surface area (Å²) in [6.45, 7) is 6.11. The minimum atomic E-state index is -1.93. The van der Waals surface area contributed by atoms with E-state index in [0.29, 0.717) is 0 Å². The van der Waals surface area contributed by atoms with Gasteiger partial charge in [0.1, 0.15) is 0 Å². The topological polar surface area (TPSA) is 46.2 Å². The molecular weight excluding hydrogens is 256 g/mol. The quantitative estimate of drug-likeness (QED) is 0.462. The highest BCUT2D eigenvalue weighted by Crippen LogP contribution is 2.08. The van der Waals surface area contributed by atoms with Crippen LogP contribution in [0.2, 0.25) is 19.6 Å². The molecule has 1 fully saturated rings. The smallest absolute Gasteiger partial charge is 0.313 e. The van der Waals surface area contributed by atoms with Crippen molar-refractivity contribution in [3.8, 4) is 0 Å². The van der Waals surface area contributed by atoms with Gasteiger partial charge in [0.15, 0.2) is 0 Å². The summed E-state index contributed by atoms with van der Waals surface area (Å²) in [5, 5.41) is 0.